The fourth-order valence-corrected chi connectivity index (χ4v) is 5.38. The van der Waals surface area contributed by atoms with Crippen molar-refractivity contribution in [3.8, 4) is 0 Å². The summed E-state index contributed by atoms with van der Waals surface area (Å²) in [6.07, 6.45) is 1.81. The van der Waals surface area contributed by atoms with Crippen LogP contribution in [-0.2, 0) is 25.8 Å². The van der Waals surface area contributed by atoms with Gasteiger partial charge in [0.05, 0.1) is 29.2 Å². The molecule has 0 fully saturated rings. The second-order valence-corrected chi connectivity index (χ2v) is 12.4. The van der Waals surface area contributed by atoms with Crippen molar-refractivity contribution in [2.75, 3.05) is 24.7 Å². The second-order valence-electron chi connectivity index (χ2n) is 9.69. The number of hydrogen-bond acceptors (Lipinski definition) is 5. The Morgan fingerprint density at radius 2 is 1.57 bits per heavy atom. The monoisotopic (exact) mass is 584 g/mol. The lowest BCUT2D eigenvalue weighted by molar-refractivity contribution is -0.115. The second kappa shape index (κ2) is 14.4. The van der Waals surface area contributed by atoms with E-state index in [4.69, 9.17) is 16.3 Å². The van der Waals surface area contributed by atoms with Gasteiger partial charge < -0.3 is 15.0 Å². The van der Waals surface area contributed by atoms with Crippen molar-refractivity contribution in [1.29, 1.82) is 0 Å². The van der Waals surface area contributed by atoms with Crippen molar-refractivity contribution in [3.63, 3.8) is 0 Å². The first-order valence-corrected chi connectivity index (χ1v) is 15.4. The van der Waals surface area contributed by atoms with Gasteiger partial charge in [0.1, 0.15) is 0 Å². The molecule has 0 aliphatic rings. The summed E-state index contributed by atoms with van der Waals surface area (Å²) in [6.45, 7) is 6.27. The molecule has 0 saturated heterocycles. The average molecular weight is 585 g/mol. The molecule has 0 aliphatic heterocycles. The number of sulfone groups is 1. The zero-order chi connectivity index (χ0) is 29.3. The summed E-state index contributed by atoms with van der Waals surface area (Å²) in [7, 11) is -1.53. The van der Waals surface area contributed by atoms with Crippen LogP contribution in [0.4, 0.5) is 5.69 Å². The first-order chi connectivity index (χ1) is 19.1. The maximum Gasteiger partial charge on any atom is 0.254 e. The number of anilines is 1. The number of carbonyl (C=O) groups is 2. The van der Waals surface area contributed by atoms with Crippen molar-refractivity contribution in [2.24, 2.45) is 0 Å². The number of likely N-dealkylation sites (N-methyl/N-ethyl adjacent to an activating group) is 1. The Labute approximate surface area is 242 Å². The van der Waals surface area contributed by atoms with Crippen molar-refractivity contribution >= 4 is 38.9 Å². The van der Waals surface area contributed by atoms with Crippen LogP contribution in [0.5, 0.6) is 0 Å². The predicted octanol–water partition coefficient (Wildman–Crippen LogP) is 6.33. The first kappa shape index (κ1) is 31.3. The van der Waals surface area contributed by atoms with Crippen LogP contribution in [-0.4, -0.2) is 50.6 Å². The minimum atomic E-state index is -3.29. The third-order valence-electron chi connectivity index (χ3n) is 6.72. The standard InChI is InChI=1S/C31H37ClN2O5S/c1-5-7-20-39-22(3)30(24-10-14-26(32)15-11-24)34(4)31(36)25-12-16-27(17-13-25)33-29(35)21-23-8-18-28(19-9-23)40(37,38)6-2/h8-19,22,30H,5-7,20-21H2,1-4H3,(H,33,35)/t22-,30+/m0/s1. The molecular weight excluding hydrogens is 548 g/mol. The average Bonchev–Trinajstić information content (AvgIpc) is 2.94. The quantitative estimate of drug-likeness (QED) is 0.237. The number of ether oxygens (including phenoxy) is 1. The van der Waals surface area contributed by atoms with Gasteiger partial charge in [0.15, 0.2) is 9.84 Å². The highest BCUT2D eigenvalue weighted by molar-refractivity contribution is 7.91. The fourth-order valence-electron chi connectivity index (χ4n) is 4.37. The number of rotatable bonds is 13. The van der Waals surface area contributed by atoms with Crippen LogP contribution in [0.25, 0.3) is 0 Å². The van der Waals surface area contributed by atoms with E-state index >= 15 is 0 Å². The first-order valence-electron chi connectivity index (χ1n) is 13.4. The smallest absolute Gasteiger partial charge is 0.254 e. The molecule has 3 aromatic rings. The summed E-state index contributed by atoms with van der Waals surface area (Å²) >= 11 is 6.10. The van der Waals surface area contributed by atoms with E-state index in [1.807, 2.05) is 19.1 Å². The Balaban J connectivity index is 1.67. The molecule has 0 spiro atoms. The zero-order valence-electron chi connectivity index (χ0n) is 23.4. The number of halogens is 1. The molecule has 3 aromatic carbocycles. The Morgan fingerprint density at radius 1 is 0.950 bits per heavy atom. The molecule has 0 radical (unpaired) electrons. The molecule has 0 heterocycles. The summed E-state index contributed by atoms with van der Waals surface area (Å²) in [5, 5.41) is 3.45. The van der Waals surface area contributed by atoms with Crippen molar-refractivity contribution in [2.45, 2.75) is 57.1 Å². The van der Waals surface area contributed by atoms with E-state index in [0.29, 0.717) is 28.4 Å². The molecule has 2 amide bonds. The highest BCUT2D eigenvalue weighted by atomic mass is 35.5. The number of carbonyl (C=O) groups excluding carboxylic acids is 2. The lowest BCUT2D eigenvalue weighted by Crippen LogP contribution is -2.38. The third-order valence-corrected chi connectivity index (χ3v) is 8.72. The number of unbranched alkanes of at least 4 members (excludes halogenated alkanes) is 1. The van der Waals surface area contributed by atoms with E-state index in [2.05, 4.69) is 12.2 Å². The van der Waals surface area contributed by atoms with Crippen LogP contribution >= 0.6 is 11.6 Å². The SMILES string of the molecule is CCCCO[C@@H](C)[C@H](c1ccc(Cl)cc1)N(C)C(=O)c1ccc(NC(=O)Cc2ccc(S(=O)(=O)CC)cc2)cc1. The van der Waals surface area contributed by atoms with E-state index in [0.717, 1.165) is 18.4 Å². The normalized spacial score (nSPS) is 12.9. The summed E-state index contributed by atoms with van der Waals surface area (Å²) < 4.78 is 30.0. The van der Waals surface area contributed by atoms with Gasteiger partial charge in [-0.25, -0.2) is 8.42 Å². The van der Waals surface area contributed by atoms with Crippen LogP contribution < -0.4 is 5.32 Å². The van der Waals surface area contributed by atoms with Gasteiger partial charge in [0, 0.05) is 29.9 Å². The summed E-state index contributed by atoms with van der Waals surface area (Å²) in [6, 6.07) is 20.2. The molecule has 0 aliphatic carbocycles. The van der Waals surface area contributed by atoms with E-state index in [9.17, 15) is 18.0 Å². The van der Waals surface area contributed by atoms with Crippen molar-refractivity contribution in [1.82, 2.24) is 4.90 Å². The third kappa shape index (κ3) is 8.40. The fraction of sp³-hybridized carbons (Fsp3) is 0.355. The van der Waals surface area contributed by atoms with E-state index in [1.165, 1.54) is 12.1 Å². The van der Waals surface area contributed by atoms with Gasteiger partial charge in [-0.3, -0.25) is 9.59 Å². The topological polar surface area (TPSA) is 92.8 Å². The molecule has 0 bridgehead atoms. The molecule has 40 heavy (non-hydrogen) atoms. The Morgan fingerprint density at radius 3 is 2.15 bits per heavy atom. The maximum absolute atomic E-state index is 13.5. The molecule has 0 saturated carbocycles. The molecule has 1 N–H and O–H groups in total. The zero-order valence-corrected chi connectivity index (χ0v) is 25.0. The Hall–Kier alpha value is -3.20. The molecule has 7 nitrogen and oxygen atoms in total. The van der Waals surface area contributed by atoms with E-state index < -0.39 is 9.84 Å². The van der Waals surface area contributed by atoms with E-state index in [-0.39, 0.29) is 41.0 Å². The summed E-state index contributed by atoms with van der Waals surface area (Å²) in [5.41, 5.74) is 2.66. The number of nitrogens with one attached hydrogen (secondary N) is 1. The van der Waals surface area contributed by atoms with Crippen LogP contribution in [0.1, 0.15) is 61.1 Å². The predicted molar refractivity (Wildman–Crippen MR) is 160 cm³/mol. The summed E-state index contributed by atoms with van der Waals surface area (Å²) in [4.78, 5) is 28.0. The van der Waals surface area contributed by atoms with Gasteiger partial charge in [0.25, 0.3) is 5.91 Å². The number of nitrogens with zero attached hydrogens (tertiary/aromatic N) is 1. The van der Waals surface area contributed by atoms with Crippen LogP contribution in [0.15, 0.2) is 77.7 Å². The lowest BCUT2D eigenvalue weighted by atomic mass is 9.99. The molecule has 9 heteroatoms. The Bertz CT molecular complexity index is 1370. The minimum Gasteiger partial charge on any atom is -0.376 e. The highest BCUT2D eigenvalue weighted by Crippen LogP contribution is 2.28. The highest BCUT2D eigenvalue weighted by Gasteiger charge is 2.28. The molecule has 3 rings (SSSR count). The number of benzene rings is 3. The number of amides is 2. The van der Waals surface area contributed by atoms with Gasteiger partial charge in [-0.2, -0.15) is 0 Å². The van der Waals surface area contributed by atoms with Gasteiger partial charge in [-0.1, -0.05) is 56.1 Å². The molecule has 214 valence electrons. The van der Waals surface area contributed by atoms with Gasteiger partial charge in [-0.05, 0) is 73.0 Å². The van der Waals surface area contributed by atoms with Gasteiger partial charge in [0.2, 0.25) is 5.91 Å². The summed E-state index contributed by atoms with van der Waals surface area (Å²) in [5.74, 6) is -0.400. The van der Waals surface area contributed by atoms with Crippen LogP contribution in [0.3, 0.4) is 0 Å². The van der Waals surface area contributed by atoms with Crippen LogP contribution in [0.2, 0.25) is 5.02 Å². The lowest BCUT2D eigenvalue weighted by Gasteiger charge is -2.33. The van der Waals surface area contributed by atoms with Crippen molar-refractivity contribution in [3.05, 3.63) is 94.5 Å². The number of hydrogen-bond donors (Lipinski definition) is 1. The van der Waals surface area contributed by atoms with E-state index in [1.54, 1.807) is 67.4 Å². The molecular formula is C31H37ClN2O5S. The minimum absolute atomic E-state index is 0.0225. The van der Waals surface area contributed by atoms with Crippen molar-refractivity contribution < 1.29 is 22.7 Å². The molecule has 0 unspecified atom stereocenters. The van der Waals surface area contributed by atoms with Crippen LogP contribution in [0, 0.1) is 0 Å². The molecule has 0 aromatic heterocycles. The van der Waals surface area contributed by atoms with Gasteiger partial charge in [-0.15, -0.1) is 0 Å². The maximum atomic E-state index is 13.5. The molecule has 2 atom stereocenters. The van der Waals surface area contributed by atoms with Gasteiger partial charge >= 0.3 is 0 Å². The Kier molecular flexibility index (Phi) is 11.3. The largest absolute Gasteiger partial charge is 0.376 e.